The van der Waals surface area contributed by atoms with Gasteiger partial charge in [0.1, 0.15) is 6.04 Å². The van der Waals surface area contributed by atoms with Crippen molar-refractivity contribution in [3.05, 3.63) is 4.91 Å². The summed E-state index contributed by atoms with van der Waals surface area (Å²) in [5.41, 5.74) is 5.30. The van der Waals surface area contributed by atoms with Crippen molar-refractivity contribution in [1.82, 2.24) is 5.32 Å². The van der Waals surface area contributed by atoms with Crippen molar-refractivity contribution in [3.63, 3.8) is 0 Å². The minimum Gasteiger partial charge on any atom is -0.480 e. The van der Waals surface area contributed by atoms with Gasteiger partial charge in [0.05, 0.1) is 6.42 Å². The monoisotopic (exact) mass is 273 g/mol. The number of rotatable bonds is 10. The summed E-state index contributed by atoms with van der Waals surface area (Å²) in [6.45, 7) is 1.54. The number of carbonyl (C=O) groups is 3. The van der Waals surface area contributed by atoms with Gasteiger partial charge in [0.2, 0.25) is 5.91 Å². The molecule has 0 radical (unpaired) electrons. The first kappa shape index (κ1) is 17.2. The highest BCUT2D eigenvalue weighted by molar-refractivity contribution is 5.88. The highest BCUT2D eigenvalue weighted by atomic mass is 16.4. The highest BCUT2D eigenvalue weighted by Crippen LogP contribution is 2.01. The average Bonchev–Trinajstić information content (AvgIpc) is 2.34. The third kappa shape index (κ3) is 7.98. The van der Waals surface area contributed by atoms with Crippen LogP contribution in [0.2, 0.25) is 0 Å². The maximum absolute atomic E-state index is 11.3. The number of nitroso groups, excluding NO2 is 1. The Hall–Kier alpha value is -1.83. The van der Waals surface area contributed by atoms with Gasteiger partial charge in [-0.05, 0) is 26.2 Å². The molecule has 0 aromatic heterocycles. The number of hydrogen-bond donors (Lipinski definition) is 3. The number of aliphatic carboxylic acids is 1. The molecule has 0 heterocycles. The van der Waals surface area contributed by atoms with Crippen molar-refractivity contribution in [2.24, 2.45) is 10.9 Å². The van der Waals surface area contributed by atoms with Gasteiger partial charge in [0.25, 0.3) is 0 Å². The fourth-order valence-electron chi connectivity index (χ4n) is 1.34. The standard InChI is InChI=1S/C11H19N3O5/c1-7(15)9(14-19)6-10(16)13-5-3-2-4-8(12)11(17)18/h8-9H,2-6,12H2,1H3,(H,13,16)(H,17,18). The predicted molar refractivity (Wildman–Crippen MR) is 67.4 cm³/mol. The van der Waals surface area contributed by atoms with E-state index in [0.29, 0.717) is 25.8 Å². The summed E-state index contributed by atoms with van der Waals surface area (Å²) in [7, 11) is 0. The molecule has 0 aromatic rings. The van der Waals surface area contributed by atoms with Crippen LogP contribution < -0.4 is 11.1 Å². The van der Waals surface area contributed by atoms with Crippen LogP contribution in [0.25, 0.3) is 0 Å². The lowest BCUT2D eigenvalue weighted by atomic mass is 10.1. The van der Waals surface area contributed by atoms with Crippen LogP contribution in [0.3, 0.4) is 0 Å². The van der Waals surface area contributed by atoms with E-state index in [1.54, 1.807) is 0 Å². The molecule has 2 unspecified atom stereocenters. The zero-order chi connectivity index (χ0) is 14.8. The minimum atomic E-state index is -1.14. The van der Waals surface area contributed by atoms with Gasteiger partial charge in [-0.1, -0.05) is 5.18 Å². The zero-order valence-electron chi connectivity index (χ0n) is 10.8. The number of carboxylic acid groups (broad SMARTS) is 1. The fraction of sp³-hybridized carbons (Fsp3) is 0.727. The summed E-state index contributed by atoms with van der Waals surface area (Å²) < 4.78 is 0. The molecule has 0 rings (SSSR count). The molecule has 0 saturated carbocycles. The maximum atomic E-state index is 11.3. The second kappa shape index (κ2) is 9.15. The molecule has 8 heteroatoms. The van der Waals surface area contributed by atoms with Crippen molar-refractivity contribution < 1.29 is 19.5 Å². The molecule has 0 aliphatic rings. The molecule has 0 aliphatic heterocycles. The molecule has 4 N–H and O–H groups in total. The Kier molecular flexibility index (Phi) is 8.27. The van der Waals surface area contributed by atoms with Crippen LogP contribution in [0, 0.1) is 4.91 Å². The van der Waals surface area contributed by atoms with Crippen LogP contribution in [0.1, 0.15) is 32.6 Å². The summed E-state index contributed by atoms with van der Waals surface area (Å²) in [6.07, 6.45) is 1.21. The van der Waals surface area contributed by atoms with E-state index in [1.165, 1.54) is 6.92 Å². The van der Waals surface area contributed by atoms with Gasteiger partial charge >= 0.3 is 5.97 Å². The zero-order valence-corrected chi connectivity index (χ0v) is 10.8. The number of amides is 1. The molecule has 19 heavy (non-hydrogen) atoms. The normalized spacial score (nSPS) is 13.4. The van der Waals surface area contributed by atoms with Crippen molar-refractivity contribution in [1.29, 1.82) is 0 Å². The van der Waals surface area contributed by atoms with Crippen LogP contribution in [0.4, 0.5) is 0 Å². The highest BCUT2D eigenvalue weighted by Gasteiger charge is 2.18. The molecule has 0 aliphatic carbocycles. The Morgan fingerprint density at radius 3 is 2.42 bits per heavy atom. The molecule has 0 saturated heterocycles. The molecular formula is C11H19N3O5. The van der Waals surface area contributed by atoms with Crippen LogP contribution in [0.15, 0.2) is 5.18 Å². The summed E-state index contributed by atoms with van der Waals surface area (Å²) in [5.74, 6) is -1.93. The van der Waals surface area contributed by atoms with E-state index >= 15 is 0 Å². The van der Waals surface area contributed by atoms with Gasteiger partial charge in [-0.2, -0.15) is 4.91 Å². The number of hydrogen-bond acceptors (Lipinski definition) is 6. The van der Waals surface area contributed by atoms with Crippen molar-refractivity contribution in [3.8, 4) is 0 Å². The second-order valence-corrected chi connectivity index (χ2v) is 4.23. The van der Waals surface area contributed by atoms with E-state index in [2.05, 4.69) is 10.5 Å². The smallest absolute Gasteiger partial charge is 0.320 e. The quantitative estimate of drug-likeness (QED) is 0.372. The van der Waals surface area contributed by atoms with Crippen molar-refractivity contribution >= 4 is 17.7 Å². The van der Waals surface area contributed by atoms with Crippen molar-refractivity contribution in [2.45, 2.75) is 44.7 Å². The lowest BCUT2D eigenvalue weighted by molar-refractivity contribution is -0.138. The van der Waals surface area contributed by atoms with Gasteiger partial charge in [-0.3, -0.25) is 14.4 Å². The van der Waals surface area contributed by atoms with E-state index in [0.717, 1.165) is 0 Å². The third-order valence-electron chi connectivity index (χ3n) is 2.56. The first-order chi connectivity index (χ1) is 8.88. The first-order valence-electron chi connectivity index (χ1n) is 5.96. The molecule has 1 amide bonds. The van der Waals surface area contributed by atoms with Gasteiger partial charge in [0, 0.05) is 6.54 Å². The third-order valence-corrected chi connectivity index (χ3v) is 2.56. The van der Waals surface area contributed by atoms with E-state index in [-0.39, 0.29) is 6.42 Å². The molecule has 0 aromatic carbocycles. The molecule has 0 bridgehead atoms. The Labute approximate surface area is 110 Å². The summed E-state index contributed by atoms with van der Waals surface area (Å²) in [4.78, 5) is 42.9. The number of carboxylic acids is 1. The Morgan fingerprint density at radius 1 is 1.32 bits per heavy atom. The number of nitrogens with zero attached hydrogens (tertiary/aromatic N) is 1. The van der Waals surface area contributed by atoms with E-state index in [9.17, 15) is 19.3 Å². The number of nitrogens with one attached hydrogen (secondary N) is 1. The molecule has 0 spiro atoms. The molecule has 108 valence electrons. The Balaban J connectivity index is 3.72. The van der Waals surface area contributed by atoms with Crippen LogP contribution >= 0.6 is 0 Å². The maximum Gasteiger partial charge on any atom is 0.320 e. The number of ketones is 1. The van der Waals surface area contributed by atoms with Crippen LogP contribution in [-0.4, -0.2) is 41.4 Å². The summed E-state index contributed by atoms with van der Waals surface area (Å²) in [5, 5.41) is 13.6. The average molecular weight is 273 g/mol. The van der Waals surface area contributed by atoms with Gasteiger partial charge in [0.15, 0.2) is 11.8 Å². The Morgan fingerprint density at radius 2 is 1.95 bits per heavy atom. The lowest BCUT2D eigenvalue weighted by Crippen LogP contribution is -2.31. The summed E-state index contributed by atoms with van der Waals surface area (Å²) in [6, 6.07) is -2.03. The molecule has 8 nitrogen and oxygen atoms in total. The van der Waals surface area contributed by atoms with E-state index < -0.39 is 29.7 Å². The van der Waals surface area contributed by atoms with E-state index in [4.69, 9.17) is 10.8 Å². The minimum absolute atomic E-state index is 0.256. The predicted octanol–water partition coefficient (Wildman–Crippen LogP) is -0.201. The van der Waals surface area contributed by atoms with Crippen LogP contribution in [0.5, 0.6) is 0 Å². The Bertz CT molecular complexity index is 345. The number of Topliss-reactive ketones (excluding diaryl/α,β-unsaturated/α-hetero) is 1. The van der Waals surface area contributed by atoms with Gasteiger partial charge in [-0.15, -0.1) is 0 Å². The second-order valence-electron chi connectivity index (χ2n) is 4.23. The first-order valence-corrected chi connectivity index (χ1v) is 5.96. The summed E-state index contributed by atoms with van der Waals surface area (Å²) >= 11 is 0. The SMILES string of the molecule is CC(=O)C(CC(=O)NCCCCC(N)C(=O)O)N=O. The van der Waals surface area contributed by atoms with Gasteiger partial charge < -0.3 is 16.2 Å². The number of carbonyl (C=O) groups excluding carboxylic acids is 2. The topological polar surface area (TPSA) is 139 Å². The van der Waals surface area contributed by atoms with Crippen molar-refractivity contribution in [2.75, 3.05) is 6.54 Å². The lowest BCUT2D eigenvalue weighted by Gasteiger charge is -2.08. The molecular weight excluding hydrogens is 254 g/mol. The number of unbranched alkanes of at least 4 members (excludes halogenated alkanes) is 1. The fourth-order valence-corrected chi connectivity index (χ4v) is 1.34. The largest absolute Gasteiger partial charge is 0.480 e. The van der Waals surface area contributed by atoms with E-state index in [1.807, 2.05) is 0 Å². The van der Waals surface area contributed by atoms with Gasteiger partial charge in [-0.25, -0.2) is 0 Å². The molecule has 0 fully saturated rings. The molecule has 2 atom stereocenters. The van der Waals surface area contributed by atoms with Crippen LogP contribution in [-0.2, 0) is 14.4 Å². The number of nitrogens with two attached hydrogens (primary N) is 1.